The molecule has 176 valence electrons. The number of carbonyl (C=O) groups excluding carboxylic acids is 1. The Balaban J connectivity index is 1.61. The largest absolute Gasteiger partial charge is 0.486 e. The minimum absolute atomic E-state index is 0.0634. The lowest BCUT2D eigenvalue weighted by Crippen LogP contribution is -2.28. The first-order valence-corrected chi connectivity index (χ1v) is 12.4. The molecule has 0 N–H and O–H groups in total. The molecule has 0 atom stereocenters. The molecule has 0 saturated carbocycles. The minimum atomic E-state index is 0.0634. The molecule has 3 rings (SSSR count). The number of ether oxygens (including phenoxy) is 1. The number of hydrogen-bond donors (Lipinski definition) is 0. The number of thioether (sulfide) groups is 1. The number of carbonyl (C=O) groups is 1. The van der Waals surface area contributed by atoms with Crippen LogP contribution in [0.15, 0.2) is 53.7 Å². The molecule has 0 aliphatic rings. The third-order valence-electron chi connectivity index (χ3n) is 5.33. The Hall–Kier alpha value is -2.80. The predicted octanol–water partition coefficient (Wildman–Crippen LogP) is 5.13. The minimum Gasteiger partial charge on any atom is -0.486 e. The Morgan fingerprint density at radius 2 is 1.73 bits per heavy atom. The molecule has 3 aromatic rings. The van der Waals surface area contributed by atoms with E-state index in [1.54, 1.807) is 4.90 Å². The van der Waals surface area contributed by atoms with E-state index in [1.165, 1.54) is 22.9 Å². The van der Waals surface area contributed by atoms with Crippen LogP contribution in [0.2, 0.25) is 0 Å². The molecule has 2 aromatic carbocycles. The molecule has 0 saturated heterocycles. The highest BCUT2D eigenvalue weighted by Gasteiger charge is 2.17. The molecular formula is C26H34N4O2S. The average Bonchev–Trinajstić information content (AvgIpc) is 3.18. The van der Waals surface area contributed by atoms with Crippen molar-refractivity contribution in [2.45, 2.75) is 59.0 Å². The molecule has 1 heterocycles. The molecule has 6 nitrogen and oxygen atoms in total. The fourth-order valence-electron chi connectivity index (χ4n) is 3.34. The van der Waals surface area contributed by atoms with Crippen LogP contribution in [0.1, 0.15) is 43.3 Å². The van der Waals surface area contributed by atoms with E-state index in [9.17, 15) is 4.79 Å². The lowest BCUT2D eigenvalue weighted by Gasteiger charge is -2.17. The molecule has 33 heavy (non-hydrogen) atoms. The second kappa shape index (κ2) is 11.9. The van der Waals surface area contributed by atoms with E-state index in [1.807, 2.05) is 19.2 Å². The van der Waals surface area contributed by atoms with Crippen molar-refractivity contribution in [1.29, 1.82) is 0 Å². The van der Waals surface area contributed by atoms with Crippen LogP contribution in [0.5, 0.6) is 5.75 Å². The van der Waals surface area contributed by atoms with Crippen molar-refractivity contribution in [2.24, 2.45) is 5.92 Å². The van der Waals surface area contributed by atoms with Crippen LogP contribution >= 0.6 is 11.8 Å². The molecule has 0 bridgehead atoms. The van der Waals surface area contributed by atoms with Crippen LogP contribution in [-0.2, 0) is 30.9 Å². The summed E-state index contributed by atoms with van der Waals surface area (Å²) < 4.78 is 8.03. The topological polar surface area (TPSA) is 60.3 Å². The highest BCUT2D eigenvalue weighted by Crippen LogP contribution is 2.21. The van der Waals surface area contributed by atoms with Gasteiger partial charge in [0.2, 0.25) is 5.91 Å². The van der Waals surface area contributed by atoms with Crippen molar-refractivity contribution in [1.82, 2.24) is 19.7 Å². The number of benzene rings is 2. The number of aryl methyl sites for hydroxylation is 2. The summed E-state index contributed by atoms with van der Waals surface area (Å²) in [6.07, 6.45) is 1.00. The Morgan fingerprint density at radius 1 is 1.06 bits per heavy atom. The maximum absolute atomic E-state index is 12.7. The Kier molecular flexibility index (Phi) is 8.95. The van der Waals surface area contributed by atoms with Gasteiger partial charge in [-0.05, 0) is 42.5 Å². The molecule has 0 aliphatic heterocycles. The Labute approximate surface area is 201 Å². The zero-order valence-electron chi connectivity index (χ0n) is 20.2. The van der Waals surface area contributed by atoms with Crippen molar-refractivity contribution in [3.8, 4) is 5.75 Å². The first-order chi connectivity index (χ1) is 15.9. The summed E-state index contributed by atoms with van der Waals surface area (Å²) in [6, 6.07) is 16.4. The zero-order valence-corrected chi connectivity index (χ0v) is 21.1. The number of amides is 1. The van der Waals surface area contributed by atoms with Crippen molar-refractivity contribution < 1.29 is 9.53 Å². The van der Waals surface area contributed by atoms with Gasteiger partial charge in [-0.1, -0.05) is 74.5 Å². The van der Waals surface area contributed by atoms with E-state index in [4.69, 9.17) is 4.74 Å². The third-order valence-corrected chi connectivity index (χ3v) is 6.28. The van der Waals surface area contributed by atoms with E-state index >= 15 is 0 Å². The van der Waals surface area contributed by atoms with Crippen LogP contribution < -0.4 is 4.74 Å². The van der Waals surface area contributed by atoms with Crippen molar-refractivity contribution in [3.05, 3.63) is 71.0 Å². The van der Waals surface area contributed by atoms with E-state index in [0.717, 1.165) is 35.3 Å². The van der Waals surface area contributed by atoms with Gasteiger partial charge in [0.1, 0.15) is 12.4 Å². The van der Waals surface area contributed by atoms with Gasteiger partial charge < -0.3 is 14.2 Å². The fraction of sp³-hybridized carbons (Fsp3) is 0.423. The summed E-state index contributed by atoms with van der Waals surface area (Å²) in [5.74, 6) is 2.38. The Morgan fingerprint density at radius 3 is 2.36 bits per heavy atom. The van der Waals surface area contributed by atoms with Crippen molar-refractivity contribution in [3.63, 3.8) is 0 Å². The smallest absolute Gasteiger partial charge is 0.233 e. The lowest BCUT2D eigenvalue weighted by atomic mass is 10.1. The quantitative estimate of drug-likeness (QED) is 0.367. The molecule has 0 fully saturated rings. The van der Waals surface area contributed by atoms with Crippen molar-refractivity contribution in [2.75, 3.05) is 12.8 Å². The normalized spacial score (nSPS) is 11.1. The first kappa shape index (κ1) is 24.8. The van der Waals surface area contributed by atoms with Gasteiger partial charge in [-0.15, -0.1) is 10.2 Å². The number of hydrogen-bond acceptors (Lipinski definition) is 5. The molecule has 1 aromatic heterocycles. The summed E-state index contributed by atoms with van der Waals surface area (Å²) in [4.78, 5) is 14.5. The second-order valence-corrected chi connectivity index (χ2v) is 9.66. The summed E-state index contributed by atoms with van der Waals surface area (Å²) in [5.41, 5.74) is 3.61. The molecule has 1 amide bonds. The zero-order chi connectivity index (χ0) is 23.8. The van der Waals surface area contributed by atoms with Gasteiger partial charge in [0.15, 0.2) is 11.0 Å². The average molecular weight is 467 g/mol. The van der Waals surface area contributed by atoms with Crippen LogP contribution in [0.25, 0.3) is 0 Å². The van der Waals surface area contributed by atoms with E-state index < -0.39 is 0 Å². The van der Waals surface area contributed by atoms with Crippen molar-refractivity contribution >= 4 is 17.7 Å². The second-order valence-electron chi connectivity index (χ2n) is 8.71. The molecule has 0 aliphatic carbocycles. The predicted molar refractivity (Wildman–Crippen MR) is 133 cm³/mol. The first-order valence-electron chi connectivity index (χ1n) is 11.4. The standard InChI is InChI=1S/C26H34N4O2S/c1-6-21-11-13-23(14-12-21)32-17-24-27-28-26(30(24)15-19(2)3)33-18-25(31)29(5)16-22-9-7-20(4)8-10-22/h7-14,19H,6,15-18H2,1-5H3. The highest BCUT2D eigenvalue weighted by atomic mass is 32.2. The summed E-state index contributed by atoms with van der Waals surface area (Å²) in [5, 5.41) is 9.47. The molecule has 0 radical (unpaired) electrons. The summed E-state index contributed by atoms with van der Waals surface area (Å²) in [7, 11) is 1.84. The van der Waals surface area contributed by atoms with Crippen LogP contribution in [0.4, 0.5) is 0 Å². The van der Waals surface area contributed by atoms with E-state index in [2.05, 4.69) is 78.9 Å². The van der Waals surface area contributed by atoms with Gasteiger partial charge in [0.25, 0.3) is 0 Å². The highest BCUT2D eigenvalue weighted by molar-refractivity contribution is 7.99. The van der Waals surface area contributed by atoms with Gasteiger partial charge in [0, 0.05) is 20.1 Å². The number of aromatic nitrogens is 3. The molecule has 0 unspecified atom stereocenters. The van der Waals surface area contributed by atoms with Gasteiger partial charge in [-0.3, -0.25) is 4.79 Å². The van der Waals surface area contributed by atoms with Crippen LogP contribution in [0, 0.1) is 12.8 Å². The monoisotopic (exact) mass is 466 g/mol. The fourth-order valence-corrected chi connectivity index (χ4v) is 4.25. The van der Waals surface area contributed by atoms with Gasteiger partial charge >= 0.3 is 0 Å². The summed E-state index contributed by atoms with van der Waals surface area (Å²) >= 11 is 1.43. The maximum Gasteiger partial charge on any atom is 0.233 e. The van der Waals surface area contributed by atoms with Gasteiger partial charge in [-0.2, -0.15) is 0 Å². The van der Waals surface area contributed by atoms with Crippen LogP contribution in [-0.4, -0.2) is 38.4 Å². The molecular weight excluding hydrogens is 432 g/mol. The number of nitrogens with zero attached hydrogens (tertiary/aromatic N) is 4. The van der Waals surface area contributed by atoms with Gasteiger partial charge in [0.05, 0.1) is 5.75 Å². The lowest BCUT2D eigenvalue weighted by molar-refractivity contribution is -0.127. The Bertz CT molecular complexity index is 1030. The number of rotatable bonds is 11. The molecule has 0 spiro atoms. The summed E-state index contributed by atoms with van der Waals surface area (Å²) in [6.45, 7) is 10.2. The third kappa shape index (κ3) is 7.35. The maximum atomic E-state index is 12.7. The SMILES string of the molecule is CCc1ccc(OCc2nnc(SCC(=O)N(C)Cc3ccc(C)cc3)n2CC(C)C)cc1. The molecule has 7 heteroatoms. The van der Waals surface area contributed by atoms with E-state index in [-0.39, 0.29) is 5.91 Å². The van der Waals surface area contributed by atoms with E-state index in [0.29, 0.717) is 24.8 Å². The van der Waals surface area contributed by atoms with Crippen LogP contribution in [0.3, 0.4) is 0 Å². The van der Waals surface area contributed by atoms with Gasteiger partial charge in [-0.25, -0.2) is 0 Å².